The van der Waals surface area contributed by atoms with Crippen molar-refractivity contribution in [3.05, 3.63) is 40.8 Å². The Morgan fingerprint density at radius 2 is 1.90 bits per heavy atom. The van der Waals surface area contributed by atoms with Crippen LogP contribution in [0.15, 0.2) is 18.5 Å². The highest BCUT2D eigenvalue weighted by molar-refractivity contribution is 6.33. The van der Waals surface area contributed by atoms with Crippen molar-refractivity contribution in [3.63, 3.8) is 0 Å². The van der Waals surface area contributed by atoms with Crippen LogP contribution in [-0.4, -0.2) is 32.2 Å². The molecular weight excluding hydrogens is 410 g/mol. The lowest BCUT2D eigenvalue weighted by Crippen LogP contribution is -2.32. The molecular formula is C21H23ClF2N6. The molecule has 9 heteroatoms. The summed E-state index contributed by atoms with van der Waals surface area (Å²) in [5.41, 5.74) is 5.22. The molecule has 6 nitrogen and oxygen atoms in total. The topological polar surface area (TPSA) is 81.1 Å². The molecule has 158 valence electrons. The summed E-state index contributed by atoms with van der Waals surface area (Å²) in [4.78, 5) is 8.19. The average molecular weight is 433 g/mol. The van der Waals surface area contributed by atoms with Crippen molar-refractivity contribution in [2.75, 3.05) is 11.9 Å². The van der Waals surface area contributed by atoms with Crippen LogP contribution in [0.5, 0.6) is 0 Å². The number of hydrogen-bond acceptors (Lipinski definition) is 5. The van der Waals surface area contributed by atoms with Gasteiger partial charge in [0.1, 0.15) is 28.9 Å². The van der Waals surface area contributed by atoms with Gasteiger partial charge in [0, 0.05) is 24.6 Å². The molecule has 0 aliphatic rings. The van der Waals surface area contributed by atoms with Crippen molar-refractivity contribution in [2.45, 2.75) is 40.2 Å². The van der Waals surface area contributed by atoms with E-state index in [-0.39, 0.29) is 39.1 Å². The standard InChI is InChI=1S/C21H23ClF2N6/c1-12(21(2,3)4)28-19-17(18(22)29-20-26-11-27-30(19)20)16-14(23)9-13(10-15(16)24)7-5-6-8-25/h9-12,28H,6,8,25H2,1-4H3/t12-/m1/s1. The molecule has 0 amide bonds. The lowest BCUT2D eigenvalue weighted by molar-refractivity contribution is 0.358. The molecule has 0 radical (unpaired) electrons. The van der Waals surface area contributed by atoms with Crippen LogP contribution in [0.3, 0.4) is 0 Å². The maximum atomic E-state index is 15.1. The number of halogens is 3. The highest BCUT2D eigenvalue weighted by Gasteiger charge is 2.27. The maximum absolute atomic E-state index is 15.1. The molecule has 0 bridgehead atoms. The number of benzene rings is 1. The molecule has 0 unspecified atom stereocenters. The van der Waals surface area contributed by atoms with Gasteiger partial charge in [-0.25, -0.2) is 8.78 Å². The van der Waals surface area contributed by atoms with Gasteiger partial charge in [-0.15, -0.1) is 0 Å². The Morgan fingerprint density at radius 1 is 1.23 bits per heavy atom. The van der Waals surface area contributed by atoms with E-state index >= 15 is 8.78 Å². The Balaban J connectivity index is 2.22. The molecule has 0 saturated carbocycles. The molecule has 0 spiro atoms. The van der Waals surface area contributed by atoms with E-state index in [1.54, 1.807) is 0 Å². The van der Waals surface area contributed by atoms with Crippen molar-refractivity contribution in [1.29, 1.82) is 0 Å². The lowest BCUT2D eigenvalue weighted by atomic mass is 9.88. The molecule has 0 aliphatic heterocycles. The van der Waals surface area contributed by atoms with E-state index in [0.717, 1.165) is 0 Å². The molecule has 2 heterocycles. The molecule has 30 heavy (non-hydrogen) atoms. The van der Waals surface area contributed by atoms with Crippen LogP contribution < -0.4 is 11.1 Å². The van der Waals surface area contributed by atoms with Gasteiger partial charge >= 0.3 is 0 Å². The zero-order valence-corrected chi connectivity index (χ0v) is 18.0. The van der Waals surface area contributed by atoms with Crippen molar-refractivity contribution < 1.29 is 8.78 Å². The summed E-state index contributed by atoms with van der Waals surface area (Å²) < 4.78 is 31.5. The Hall–Kier alpha value is -2.76. The minimum atomic E-state index is -0.804. The van der Waals surface area contributed by atoms with Crippen molar-refractivity contribution in [1.82, 2.24) is 19.6 Å². The summed E-state index contributed by atoms with van der Waals surface area (Å²) >= 11 is 6.38. The van der Waals surface area contributed by atoms with Crippen LogP contribution in [0.4, 0.5) is 14.6 Å². The summed E-state index contributed by atoms with van der Waals surface area (Å²) in [7, 11) is 0. The van der Waals surface area contributed by atoms with Gasteiger partial charge in [0.25, 0.3) is 5.78 Å². The molecule has 0 aliphatic carbocycles. The minimum Gasteiger partial charge on any atom is -0.366 e. The summed E-state index contributed by atoms with van der Waals surface area (Å²) in [5, 5.41) is 7.36. The van der Waals surface area contributed by atoms with Crippen LogP contribution in [0.25, 0.3) is 16.9 Å². The summed E-state index contributed by atoms with van der Waals surface area (Å²) in [6.07, 6.45) is 1.74. The van der Waals surface area contributed by atoms with Gasteiger partial charge in [-0.3, -0.25) is 0 Å². The SMILES string of the molecule is C[C@@H](Nc1c(-c2c(F)cc(C#CCCN)cc2F)c(Cl)nc2ncnn12)C(C)(C)C. The molecule has 0 fully saturated rings. The first kappa shape index (κ1) is 21.9. The second-order valence-corrected chi connectivity index (χ2v) is 8.34. The van der Waals surface area contributed by atoms with Gasteiger partial charge in [0.15, 0.2) is 0 Å². The van der Waals surface area contributed by atoms with Crippen LogP contribution in [0.1, 0.15) is 39.7 Å². The number of anilines is 1. The van der Waals surface area contributed by atoms with E-state index in [4.69, 9.17) is 17.3 Å². The quantitative estimate of drug-likeness (QED) is 0.475. The highest BCUT2D eigenvalue weighted by atomic mass is 35.5. The Labute approximate surface area is 178 Å². The minimum absolute atomic E-state index is 0.0715. The number of aromatic nitrogens is 4. The van der Waals surface area contributed by atoms with Crippen LogP contribution in [0.2, 0.25) is 5.15 Å². The van der Waals surface area contributed by atoms with E-state index in [0.29, 0.717) is 18.8 Å². The first-order valence-electron chi connectivity index (χ1n) is 9.47. The van der Waals surface area contributed by atoms with E-state index in [9.17, 15) is 0 Å². The molecule has 2 aromatic heterocycles. The normalized spacial score (nSPS) is 12.5. The third-order valence-corrected chi connectivity index (χ3v) is 5.10. The van der Waals surface area contributed by atoms with Crippen molar-refractivity contribution >= 4 is 23.2 Å². The smallest absolute Gasteiger partial charge is 0.255 e. The van der Waals surface area contributed by atoms with Gasteiger partial charge in [-0.05, 0) is 24.5 Å². The Morgan fingerprint density at radius 3 is 2.50 bits per heavy atom. The lowest BCUT2D eigenvalue weighted by Gasteiger charge is -2.30. The number of nitrogens with zero attached hydrogens (tertiary/aromatic N) is 4. The number of rotatable bonds is 4. The summed E-state index contributed by atoms with van der Waals surface area (Å²) in [6.45, 7) is 8.46. The van der Waals surface area contributed by atoms with E-state index in [1.165, 1.54) is 23.0 Å². The maximum Gasteiger partial charge on any atom is 0.255 e. The van der Waals surface area contributed by atoms with Gasteiger partial charge in [0.2, 0.25) is 0 Å². The Kier molecular flexibility index (Phi) is 6.25. The molecule has 1 aromatic carbocycles. The molecule has 0 saturated heterocycles. The number of hydrogen-bond donors (Lipinski definition) is 2. The van der Waals surface area contributed by atoms with E-state index in [1.807, 2.05) is 27.7 Å². The highest BCUT2D eigenvalue weighted by Crippen LogP contribution is 2.39. The predicted octanol–water partition coefficient (Wildman–Crippen LogP) is 4.27. The van der Waals surface area contributed by atoms with Gasteiger partial charge in [-0.2, -0.15) is 19.6 Å². The molecule has 3 rings (SSSR count). The first-order valence-corrected chi connectivity index (χ1v) is 9.85. The largest absolute Gasteiger partial charge is 0.366 e. The van der Waals surface area contributed by atoms with Crippen molar-refractivity contribution in [3.8, 4) is 23.0 Å². The van der Waals surface area contributed by atoms with Crippen molar-refractivity contribution in [2.24, 2.45) is 11.1 Å². The second kappa shape index (κ2) is 8.54. The van der Waals surface area contributed by atoms with Gasteiger partial charge < -0.3 is 11.1 Å². The number of nitrogens with two attached hydrogens (primary N) is 1. The van der Waals surface area contributed by atoms with Crippen LogP contribution in [-0.2, 0) is 0 Å². The second-order valence-electron chi connectivity index (χ2n) is 7.99. The molecule has 3 N–H and O–H groups in total. The predicted molar refractivity (Wildman–Crippen MR) is 114 cm³/mol. The monoisotopic (exact) mass is 432 g/mol. The molecule has 1 atom stereocenters. The van der Waals surface area contributed by atoms with Gasteiger partial charge in [0.05, 0.1) is 11.1 Å². The van der Waals surface area contributed by atoms with Crippen LogP contribution >= 0.6 is 11.6 Å². The first-order chi connectivity index (χ1) is 14.1. The van der Waals surface area contributed by atoms with E-state index < -0.39 is 11.6 Å². The third kappa shape index (κ3) is 4.37. The summed E-state index contributed by atoms with van der Waals surface area (Å²) in [6, 6.07) is 2.25. The van der Waals surface area contributed by atoms with Gasteiger partial charge in [-0.1, -0.05) is 44.2 Å². The zero-order chi connectivity index (χ0) is 22.1. The zero-order valence-electron chi connectivity index (χ0n) is 17.2. The number of fused-ring (bicyclic) bond motifs is 1. The fourth-order valence-electron chi connectivity index (χ4n) is 2.71. The molecule has 3 aromatic rings. The van der Waals surface area contributed by atoms with Crippen LogP contribution in [0, 0.1) is 28.9 Å². The average Bonchev–Trinajstić information content (AvgIpc) is 3.10. The Bertz CT molecular complexity index is 1120. The number of nitrogens with one attached hydrogen (secondary N) is 1. The fourth-order valence-corrected chi connectivity index (χ4v) is 2.97. The summed E-state index contributed by atoms with van der Waals surface area (Å²) in [5.74, 6) is 4.40. The fraction of sp³-hybridized carbons (Fsp3) is 0.381. The third-order valence-electron chi connectivity index (χ3n) is 4.83. The van der Waals surface area contributed by atoms with E-state index in [2.05, 4.69) is 32.2 Å².